The molecule has 0 heterocycles. The van der Waals surface area contributed by atoms with E-state index in [9.17, 15) is 45.1 Å². The predicted octanol–water partition coefficient (Wildman–Crippen LogP) is 25.6. The van der Waals surface area contributed by atoms with E-state index in [1.807, 2.05) is 24.3 Å². The van der Waals surface area contributed by atoms with Crippen molar-refractivity contribution in [2.75, 3.05) is 26.4 Å². The van der Waals surface area contributed by atoms with Crippen LogP contribution in [0.25, 0.3) is 0 Å². The molecule has 105 heavy (non-hydrogen) atoms. The van der Waals surface area contributed by atoms with E-state index in [4.69, 9.17) is 18.9 Å². The van der Waals surface area contributed by atoms with Crippen LogP contribution in [0.3, 0.4) is 0 Å². The van der Waals surface area contributed by atoms with Crippen LogP contribution in [0.5, 0.6) is 0 Å². The molecular formula is C88H146CaO14S2. The molecule has 0 spiro atoms. The van der Waals surface area contributed by atoms with Gasteiger partial charge in [-0.1, -0.05) is 371 Å². The SMILES string of the molecule is CCCCCCCCCCCCCC/C=C/CCOC(=O)c1cccc(S(=O)(=O)[O-])c1C(=O)OCC/C=C/CCCCCCCCCCCCCC.CCCCCCCCCCCCCC/C=C/CCOC(=O)c1cccc(S(=O)(=O)[O-])c1C(=O)OCC/C=C/CCCCCCCCCCCCCC.[Ca+2]. The Balaban J connectivity index is 0.00000204. The summed E-state index contributed by atoms with van der Waals surface area (Å²) >= 11 is 0. The zero-order valence-corrected chi connectivity index (χ0v) is 70.6. The third-order valence-corrected chi connectivity index (χ3v) is 20.8. The molecule has 0 saturated carbocycles. The van der Waals surface area contributed by atoms with Gasteiger partial charge in [0.1, 0.15) is 20.2 Å². The molecule has 0 aromatic heterocycles. The van der Waals surface area contributed by atoms with Gasteiger partial charge in [-0.3, -0.25) is 0 Å². The molecule has 0 aliphatic heterocycles. The second-order valence-electron chi connectivity index (χ2n) is 28.6. The summed E-state index contributed by atoms with van der Waals surface area (Å²) in [6.45, 7) is 9.15. The molecule has 0 fully saturated rings. The van der Waals surface area contributed by atoms with Crippen LogP contribution in [0.15, 0.2) is 94.8 Å². The largest absolute Gasteiger partial charge is 2.00 e. The maximum atomic E-state index is 13.0. The number of benzene rings is 2. The Morgan fingerprint density at radius 2 is 0.438 bits per heavy atom. The molecule has 0 aliphatic carbocycles. The van der Waals surface area contributed by atoms with Gasteiger partial charge >= 0.3 is 61.6 Å². The number of hydrogen-bond donors (Lipinski definition) is 0. The zero-order chi connectivity index (χ0) is 75.9. The Labute approximate surface area is 671 Å². The number of hydrogen-bond acceptors (Lipinski definition) is 14. The number of unbranched alkanes of at least 4 members (excludes halogenated alkanes) is 48. The van der Waals surface area contributed by atoms with E-state index in [2.05, 4.69) is 52.0 Å². The number of carbonyl (C=O) groups excluding carboxylic acids is 4. The third-order valence-electron chi connectivity index (χ3n) is 19.1. The van der Waals surface area contributed by atoms with Gasteiger partial charge in [0.05, 0.1) is 58.5 Å². The quantitative estimate of drug-likeness (QED) is 0.0150. The van der Waals surface area contributed by atoms with Gasteiger partial charge in [-0.25, -0.2) is 36.0 Å². The second-order valence-corrected chi connectivity index (χ2v) is 31.3. The molecule has 0 unspecified atom stereocenters. The van der Waals surface area contributed by atoms with Crippen molar-refractivity contribution in [3.8, 4) is 0 Å². The zero-order valence-electron chi connectivity index (χ0n) is 66.7. The molecule has 0 saturated heterocycles. The first-order chi connectivity index (χ1) is 50.6. The predicted molar refractivity (Wildman–Crippen MR) is 434 cm³/mol. The fourth-order valence-electron chi connectivity index (χ4n) is 12.8. The van der Waals surface area contributed by atoms with Crippen LogP contribution in [0.1, 0.15) is 429 Å². The third kappa shape index (κ3) is 58.9. The second kappa shape index (κ2) is 73.2. The van der Waals surface area contributed by atoms with E-state index >= 15 is 0 Å². The van der Waals surface area contributed by atoms with E-state index in [-0.39, 0.29) is 75.3 Å². The fraction of sp³-hybridized carbons (Fsp3) is 0.727. The molecule has 14 nitrogen and oxygen atoms in total. The maximum Gasteiger partial charge on any atom is 2.00 e. The van der Waals surface area contributed by atoms with Gasteiger partial charge in [-0.2, -0.15) is 0 Å². The minimum atomic E-state index is -5.03. The molecule has 596 valence electrons. The summed E-state index contributed by atoms with van der Waals surface area (Å²) in [7, 11) is -10.1. The Bertz CT molecular complexity index is 2610. The number of rotatable bonds is 70. The van der Waals surface area contributed by atoms with Crippen molar-refractivity contribution in [3.63, 3.8) is 0 Å². The van der Waals surface area contributed by atoms with Gasteiger partial charge < -0.3 is 28.1 Å². The molecule has 0 atom stereocenters. The number of ether oxygens (including phenoxy) is 4. The molecule has 0 bridgehead atoms. The molecule has 0 N–H and O–H groups in total. The Morgan fingerprint density at radius 1 is 0.267 bits per heavy atom. The van der Waals surface area contributed by atoms with Crippen LogP contribution >= 0.6 is 0 Å². The van der Waals surface area contributed by atoms with Crippen LogP contribution in [-0.2, 0) is 39.2 Å². The van der Waals surface area contributed by atoms with Gasteiger partial charge in [-0.05, 0) is 101 Å². The molecular weight excluding hydrogens is 1390 g/mol. The summed E-state index contributed by atoms with van der Waals surface area (Å²) in [5.74, 6) is -3.79. The first-order valence-electron chi connectivity index (χ1n) is 42.1. The Morgan fingerprint density at radius 3 is 0.629 bits per heavy atom. The monoisotopic (exact) mass is 1530 g/mol. The van der Waals surface area contributed by atoms with E-state index in [1.54, 1.807) is 0 Å². The molecule has 0 amide bonds. The standard InChI is InChI=1S/2C44H74O7S.Ca/c2*1-3-5-7-9-11-13-15-17-19-21-23-25-27-29-31-33-38-50-43(45)40-36-35-37-41(52(47,48)49)42(40)44(46)51-39-34-32-30-28-26-24-22-20-18-16-14-12-10-8-6-4-2;/h2*29-32,35-37H,3-28,33-34,38-39H2,1-2H3,(H,47,48,49);/q;;+2/p-2/b2*31-29+,32-30+;. The molecule has 0 radical (unpaired) electrons. The molecule has 2 aromatic carbocycles. The summed E-state index contributed by atoms with van der Waals surface area (Å²) in [5.41, 5.74) is -1.70. The first-order valence-corrected chi connectivity index (χ1v) is 44.9. The van der Waals surface area contributed by atoms with Crippen molar-refractivity contribution in [2.45, 2.75) is 397 Å². The van der Waals surface area contributed by atoms with Crippen LogP contribution in [0, 0.1) is 0 Å². The Kier molecular flexibility index (Phi) is 70.6. The van der Waals surface area contributed by atoms with E-state index < -0.39 is 65.0 Å². The summed E-state index contributed by atoms with van der Waals surface area (Å²) in [5, 5.41) is 0. The van der Waals surface area contributed by atoms with E-state index in [0.717, 1.165) is 63.5 Å². The molecule has 17 heteroatoms. The van der Waals surface area contributed by atoms with E-state index in [1.165, 1.54) is 307 Å². The number of esters is 4. The number of carbonyl (C=O) groups is 4. The average Bonchev–Trinajstić information content (AvgIpc) is 0.799. The van der Waals surface area contributed by atoms with Crippen molar-refractivity contribution in [3.05, 3.63) is 107 Å². The van der Waals surface area contributed by atoms with Gasteiger partial charge in [0.15, 0.2) is 0 Å². The maximum absolute atomic E-state index is 13.0. The van der Waals surface area contributed by atoms with E-state index in [0.29, 0.717) is 25.7 Å². The average molecular weight is 1530 g/mol. The van der Waals surface area contributed by atoms with Crippen LogP contribution < -0.4 is 0 Å². The van der Waals surface area contributed by atoms with Gasteiger partial charge in [-0.15, -0.1) is 0 Å². The van der Waals surface area contributed by atoms with Gasteiger partial charge in [0.25, 0.3) is 0 Å². The summed E-state index contributed by atoms with van der Waals surface area (Å²) < 4.78 is 93.0. The molecule has 0 aliphatic rings. The summed E-state index contributed by atoms with van der Waals surface area (Å²) in [6.07, 6.45) is 84.7. The number of allylic oxidation sites excluding steroid dienone is 4. The van der Waals surface area contributed by atoms with Crippen molar-refractivity contribution >= 4 is 81.9 Å². The topological polar surface area (TPSA) is 220 Å². The minimum Gasteiger partial charge on any atom is -0.744 e. The van der Waals surface area contributed by atoms with Crippen LogP contribution in [-0.4, -0.2) is 114 Å². The van der Waals surface area contributed by atoms with Crippen molar-refractivity contribution in [1.29, 1.82) is 0 Å². The molecule has 2 aromatic rings. The Hall–Kier alpha value is -3.64. The summed E-state index contributed by atoms with van der Waals surface area (Å²) in [4.78, 5) is 50.1. The van der Waals surface area contributed by atoms with Gasteiger partial charge in [0, 0.05) is 0 Å². The smallest absolute Gasteiger partial charge is 0.744 e. The van der Waals surface area contributed by atoms with Gasteiger partial charge in [0.2, 0.25) is 0 Å². The van der Waals surface area contributed by atoms with Crippen molar-refractivity contribution < 1.29 is 64.1 Å². The fourth-order valence-corrected chi connectivity index (χ4v) is 14.2. The van der Waals surface area contributed by atoms with Crippen LogP contribution in [0.4, 0.5) is 0 Å². The van der Waals surface area contributed by atoms with Crippen molar-refractivity contribution in [2.24, 2.45) is 0 Å². The molecule has 2 rings (SSSR count). The first kappa shape index (κ1) is 101. The van der Waals surface area contributed by atoms with Crippen LogP contribution in [0.2, 0.25) is 0 Å². The normalized spacial score (nSPS) is 11.8. The summed E-state index contributed by atoms with van der Waals surface area (Å²) in [6, 6.07) is 7.11. The minimum absolute atomic E-state index is 0. The van der Waals surface area contributed by atoms with Crippen molar-refractivity contribution in [1.82, 2.24) is 0 Å².